The van der Waals surface area contributed by atoms with Crippen LogP contribution in [0.4, 0.5) is 19.0 Å². The zero-order valence-corrected chi connectivity index (χ0v) is 20.0. The highest BCUT2D eigenvalue weighted by Gasteiger charge is 2.55. The van der Waals surface area contributed by atoms with Crippen molar-refractivity contribution < 1.29 is 27.4 Å². The Morgan fingerprint density at radius 2 is 1.97 bits per heavy atom. The third-order valence-electron chi connectivity index (χ3n) is 6.99. The van der Waals surface area contributed by atoms with Crippen molar-refractivity contribution in [3.05, 3.63) is 51.7 Å². The van der Waals surface area contributed by atoms with Crippen LogP contribution in [-0.2, 0) is 27.4 Å². The molecule has 0 saturated carbocycles. The first kappa shape index (κ1) is 24.2. The minimum atomic E-state index is -2.92. The summed E-state index contributed by atoms with van der Waals surface area (Å²) in [6.45, 7) is 4.37. The number of ether oxygens (including phenoxy) is 2. The Labute approximate surface area is 205 Å². The van der Waals surface area contributed by atoms with Gasteiger partial charge in [0.25, 0.3) is 12.3 Å². The minimum Gasteiger partial charge on any atom is -0.378 e. The van der Waals surface area contributed by atoms with E-state index in [-0.39, 0.29) is 29.8 Å². The van der Waals surface area contributed by atoms with Gasteiger partial charge in [-0.15, -0.1) is 0 Å². The molecule has 12 heteroatoms. The van der Waals surface area contributed by atoms with Gasteiger partial charge in [-0.2, -0.15) is 0 Å². The quantitative estimate of drug-likeness (QED) is 0.571. The first-order valence-corrected chi connectivity index (χ1v) is 11.6. The number of anilines is 1. The molecule has 1 atom stereocenters. The number of amides is 1. The zero-order valence-electron chi connectivity index (χ0n) is 19.2. The van der Waals surface area contributed by atoms with E-state index in [0.29, 0.717) is 49.4 Å². The molecule has 3 aliphatic rings. The number of carbonyl (C=O) groups is 1. The molecule has 0 bridgehead atoms. The number of alkyl halides is 2. The number of rotatable bonds is 7. The van der Waals surface area contributed by atoms with Crippen molar-refractivity contribution in [2.75, 3.05) is 38.7 Å². The minimum absolute atomic E-state index is 0.0317. The molecule has 35 heavy (non-hydrogen) atoms. The highest BCUT2D eigenvalue weighted by Crippen LogP contribution is 2.36. The summed E-state index contributed by atoms with van der Waals surface area (Å²) in [6.07, 6.45) is -2.92. The molecule has 1 amide bonds. The summed E-state index contributed by atoms with van der Waals surface area (Å²) < 4.78 is 51.9. The maximum atomic E-state index is 14.7. The third-order valence-corrected chi connectivity index (χ3v) is 7.16. The Morgan fingerprint density at radius 3 is 2.60 bits per heavy atom. The van der Waals surface area contributed by atoms with Crippen LogP contribution in [0.3, 0.4) is 0 Å². The van der Waals surface area contributed by atoms with Crippen molar-refractivity contribution in [2.45, 2.75) is 44.1 Å². The molecule has 0 radical (unpaired) electrons. The van der Waals surface area contributed by atoms with E-state index in [0.717, 1.165) is 6.07 Å². The molecule has 8 nitrogen and oxygen atoms in total. The van der Waals surface area contributed by atoms with E-state index in [2.05, 4.69) is 20.2 Å². The summed E-state index contributed by atoms with van der Waals surface area (Å²) >= 11 is 6.13. The van der Waals surface area contributed by atoms with Crippen LogP contribution in [0.1, 0.15) is 41.8 Å². The Balaban J connectivity index is 1.34. The predicted octanol–water partition coefficient (Wildman–Crippen LogP) is 3.32. The molecule has 2 aromatic rings. The molecule has 1 aromatic heterocycles. The van der Waals surface area contributed by atoms with Gasteiger partial charge in [-0.3, -0.25) is 9.69 Å². The Morgan fingerprint density at radius 1 is 1.26 bits per heavy atom. The van der Waals surface area contributed by atoms with Crippen LogP contribution < -0.4 is 5.32 Å². The molecule has 0 unspecified atom stereocenters. The molecular formula is C23H25ClF3N5O3. The van der Waals surface area contributed by atoms with Crippen LogP contribution in [0.5, 0.6) is 0 Å². The lowest BCUT2D eigenvalue weighted by atomic mass is 9.89. The summed E-state index contributed by atoms with van der Waals surface area (Å²) in [5.74, 6) is -0.789. The van der Waals surface area contributed by atoms with E-state index in [9.17, 15) is 18.0 Å². The van der Waals surface area contributed by atoms with E-state index >= 15 is 0 Å². The van der Waals surface area contributed by atoms with Gasteiger partial charge >= 0.3 is 0 Å². The van der Waals surface area contributed by atoms with Gasteiger partial charge in [-0.25, -0.2) is 23.1 Å². The molecule has 1 N–H and O–H groups in total. The summed E-state index contributed by atoms with van der Waals surface area (Å²) in [6, 6.07) is 3.51. The highest BCUT2D eigenvalue weighted by molar-refractivity contribution is 6.28. The number of halogens is 4. The van der Waals surface area contributed by atoms with Gasteiger partial charge < -0.3 is 19.7 Å². The summed E-state index contributed by atoms with van der Waals surface area (Å²) in [5.41, 5.74) is -0.300. The van der Waals surface area contributed by atoms with E-state index in [4.69, 9.17) is 21.1 Å². The second kappa shape index (κ2) is 9.20. The fraction of sp³-hybridized carbons (Fsp3) is 0.522. The molecular weight excluding hydrogens is 487 g/mol. The Bertz CT molecular complexity index is 1140. The van der Waals surface area contributed by atoms with Gasteiger partial charge in [-0.1, -0.05) is 18.2 Å². The van der Waals surface area contributed by atoms with E-state index in [1.807, 2.05) is 0 Å². The van der Waals surface area contributed by atoms with Crippen LogP contribution in [0, 0.1) is 5.82 Å². The fourth-order valence-corrected chi connectivity index (χ4v) is 4.97. The van der Waals surface area contributed by atoms with Gasteiger partial charge in [0.2, 0.25) is 5.28 Å². The fourth-order valence-electron chi connectivity index (χ4n) is 4.78. The van der Waals surface area contributed by atoms with Crippen molar-refractivity contribution in [1.29, 1.82) is 0 Å². The van der Waals surface area contributed by atoms with Gasteiger partial charge in [0, 0.05) is 31.3 Å². The lowest BCUT2D eigenvalue weighted by molar-refractivity contribution is -0.198. The number of fused-ring (bicyclic) bond motifs is 1. The van der Waals surface area contributed by atoms with Crippen molar-refractivity contribution in [3.63, 3.8) is 0 Å². The third kappa shape index (κ3) is 4.24. The Kier molecular flexibility index (Phi) is 6.37. The predicted molar refractivity (Wildman–Crippen MR) is 121 cm³/mol. The van der Waals surface area contributed by atoms with Crippen LogP contribution in [0.25, 0.3) is 0 Å². The van der Waals surface area contributed by atoms with Crippen molar-refractivity contribution in [3.8, 4) is 0 Å². The molecule has 4 heterocycles. The number of hydrogen-bond donors (Lipinski definition) is 1. The molecule has 0 spiro atoms. The zero-order chi connectivity index (χ0) is 24.9. The first-order chi connectivity index (χ1) is 16.7. The van der Waals surface area contributed by atoms with Crippen molar-refractivity contribution in [1.82, 2.24) is 19.8 Å². The lowest BCUT2D eigenvalue weighted by Gasteiger charge is -2.53. The summed E-state index contributed by atoms with van der Waals surface area (Å²) in [7, 11) is 1.53. The number of nitrogens with one attached hydrogen (secondary N) is 1. The van der Waals surface area contributed by atoms with Crippen LogP contribution in [0.15, 0.2) is 18.2 Å². The topological polar surface area (TPSA) is 79.8 Å². The largest absolute Gasteiger partial charge is 0.378 e. The van der Waals surface area contributed by atoms with Crippen molar-refractivity contribution >= 4 is 23.3 Å². The number of carbonyl (C=O) groups excluding carboxylic acids is 1. The molecule has 0 aliphatic carbocycles. The van der Waals surface area contributed by atoms with Gasteiger partial charge in [0.05, 0.1) is 49.6 Å². The normalized spacial score (nSPS) is 20.4. The SMILES string of the molecule is COC1(C(=O)N2Cc3nc(Cl)nc(N[C@H](C)c4cccc(C(F)F)c4F)c3C2)CN(C2COC2)C1. The first-order valence-electron chi connectivity index (χ1n) is 11.3. The maximum Gasteiger partial charge on any atom is 0.266 e. The summed E-state index contributed by atoms with van der Waals surface area (Å²) in [4.78, 5) is 25.8. The average Bonchev–Trinajstić information content (AvgIpc) is 3.18. The number of nitrogens with zero attached hydrogens (tertiary/aromatic N) is 4. The van der Waals surface area contributed by atoms with E-state index in [1.54, 1.807) is 11.8 Å². The maximum absolute atomic E-state index is 14.7. The number of methoxy groups -OCH3 is 1. The van der Waals surface area contributed by atoms with Gasteiger partial charge in [0.1, 0.15) is 11.6 Å². The standard InChI is InChI=1S/C23H25ClF3N5O3/c1-12(14-4-3-5-15(18(14)25)19(26)27)28-20-16-6-31(7-17(16)29-22(24)30-20)21(33)23(34-2)10-32(11-23)13-8-35-9-13/h3-5,12-13,19H,6-11H2,1-2H3,(H,28,29,30)/t12-/m1/s1. The molecule has 2 saturated heterocycles. The summed E-state index contributed by atoms with van der Waals surface area (Å²) in [5, 5.41) is 3.04. The number of hydrogen-bond acceptors (Lipinski definition) is 7. The molecule has 2 fully saturated rings. The van der Waals surface area contributed by atoms with Crippen molar-refractivity contribution in [2.24, 2.45) is 0 Å². The second-order valence-electron chi connectivity index (χ2n) is 9.14. The van der Waals surface area contributed by atoms with E-state index < -0.39 is 29.4 Å². The van der Waals surface area contributed by atoms with Crippen LogP contribution >= 0.6 is 11.6 Å². The molecule has 3 aliphatic heterocycles. The number of aromatic nitrogens is 2. The van der Waals surface area contributed by atoms with Gasteiger partial charge in [0.15, 0.2) is 5.60 Å². The van der Waals surface area contributed by atoms with Gasteiger partial charge in [-0.05, 0) is 18.5 Å². The smallest absolute Gasteiger partial charge is 0.266 e. The lowest BCUT2D eigenvalue weighted by Crippen LogP contribution is -2.73. The average molecular weight is 512 g/mol. The number of benzene rings is 1. The molecule has 5 rings (SSSR count). The monoisotopic (exact) mass is 511 g/mol. The van der Waals surface area contributed by atoms with Crippen LogP contribution in [0.2, 0.25) is 5.28 Å². The highest BCUT2D eigenvalue weighted by atomic mass is 35.5. The second-order valence-corrected chi connectivity index (χ2v) is 9.48. The molecule has 188 valence electrons. The Hall–Kier alpha value is -2.47. The van der Waals surface area contributed by atoms with E-state index in [1.165, 1.54) is 19.2 Å². The molecule has 1 aromatic carbocycles. The number of likely N-dealkylation sites (tertiary alicyclic amines) is 1. The van der Waals surface area contributed by atoms with Crippen LogP contribution in [-0.4, -0.2) is 70.7 Å².